The maximum Gasteiger partial charge on any atom is 0.519 e. The number of carbonyl (C=O) groups excluding carboxylic acids is 1. The molecule has 0 aliphatic carbocycles. The first kappa shape index (κ1) is 25.9. The highest BCUT2D eigenvalue weighted by molar-refractivity contribution is 5.69. The van der Waals surface area contributed by atoms with Gasteiger partial charge in [0.15, 0.2) is 0 Å². The zero-order valence-corrected chi connectivity index (χ0v) is 20.7. The van der Waals surface area contributed by atoms with Gasteiger partial charge in [0, 0.05) is 24.3 Å². The Morgan fingerprint density at radius 3 is 1.41 bits per heavy atom. The number of para-hydroxylation sites is 2. The third kappa shape index (κ3) is 7.35. The van der Waals surface area contributed by atoms with Gasteiger partial charge in [-0.25, -0.2) is 4.79 Å². The minimum absolute atomic E-state index is 0.210. The predicted molar refractivity (Wildman–Crippen MR) is 127 cm³/mol. The van der Waals surface area contributed by atoms with Crippen LogP contribution in [0.15, 0.2) is 36.4 Å². The second-order valence-corrected chi connectivity index (χ2v) is 9.18. The van der Waals surface area contributed by atoms with Gasteiger partial charge in [-0.2, -0.15) is 0 Å². The lowest BCUT2D eigenvalue weighted by atomic mass is 10.1. The number of benzene rings is 2. The van der Waals surface area contributed by atoms with Gasteiger partial charge in [-0.3, -0.25) is 0 Å². The molecular weight excluding hydrogens is 404 g/mol. The van der Waals surface area contributed by atoms with Crippen molar-refractivity contribution in [3.05, 3.63) is 58.7 Å². The van der Waals surface area contributed by atoms with Gasteiger partial charge in [-0.15, -0.1) is 0 Å². The summed E-state index contributed by atoms with van der Waals surface area (Å²) in [7, 11) is 0. The van der Waals surface area contributed by atoms with E-state index in [0.29, 0.717) is 36.5 Å². The highest BCUT2D eigenvalue weighted by Crippen LogP contribution is 2.34. The fourth-order valence-electron chi connectivity index (χ4n) is 3.31. The largest absolute Gasteiger partial charge is 0.519 e. The average molecular weight is 443 g/mol. The van der Waals surface area contributed by atoms with Crippen LogP contribution in [-0.4, -0.2) is 19.4 Å². The molecule has 0 radical (unpaired) electrons. The van der Waals surface area contributed by atoms with E-state index in [0.717, 1.165) is 22.3 Å². The molecule has 2 aromatic carbocycles. The van der Waals surface area contributed by atoms with Crippen LogP contribution in [0.5, 0.6) is 11.5 Å². The lowest BCUT2D eigenvalue weighted by molar-refractivity contribution is 0.0441. The molecular formula is C27H38O5. The summed E-state index contributed by atoms with van der Waals surface area (Å²) in [4.78, 5) is 12.8. The van der Waals surface area contributed by atoms with Crippen molar-refractivity contribution in [3.63, 3.8) is 0 Å². The summed E-state index contributed by atoms with van der Waals surface area (Å²) in [6, 6.07) is 11.5. The lowest BCUT2D eigenvalue weighted by Crippen LogP contribution is -2.19. The van der Waals surface area contributed by atoms with Crippen LogP contribution in [-0.2, 0) is 9.47 Å². The summed E-state index contributed by atoms with van der Waals surface area (Å²) in [5, 5.41) is 0. The smallest absolute Gasteiger partial charge is 0.394 e. The van der Waals surface area contributed by atoms with Crippen molar-refractivity contribution >= 4 is 6.16 Å². The van der Waals surface area contributed by atoms with Crippen molar-refractivity contribution in [2.24, 2.45) is 11.8 Å². The summed E-state index contributed by atoms with van der Waals surface area (Å²) in [5.74, 6) is 1.79. The van der Waals surface area contributed by atoms with Gasteiger partial charge in [0.25, 0.3) is 0 Å². The van der Waals surface area contributed by atoms with E-state index < -0.39 is 6.16 Å². The van der Waals surface area contributed by atoms with Crippen molar-refractivity contribution < 1.29 is 23.7 Å². The van der Waals surface area contributed by atoms with Crippen LogP contribution in [0.25, 0.3) is 0 Å². The van der Waals surface area contributed by atoms with Crippen LogP contribution in [0.4, 0.5) is 4.79 Å². The van der Waals surface area contributed by atoms with Crippen LogP contribution in [0.3, 0.4) is 0 Å². The Bertz CT molecular complexity index is 816. The minimum Gasteiger partial charge on any atom is -0.394 e. The fourth-order valence-corrected chi connectivity index (χ4v) is 3.31. The number of ether oxygens (including phenoxy) is 4. The topological polar surface area (TPSA) is 54.0 Å². The normalized spacial score (nSPS) is 13.3. The molecule has 0 saturated carbocycles. The molecule has 5 heteroatoms. The monoisotopic (exact) mass is 442 g/mol. The van der Waals surface area contributed by atoms with Crippen LogP contribution in [0.1, 0.15) is 76.0 Å². The van der Waals surface area contributed by atoms with E-state index in [9.17, 15) is 4.79 Å². The zero-order valence-electron chi connectivity index (χ0n) is 20.7. The van der Waals surface area contributed by atoms with Gasteiger partial charge in [-0.05, 0) is 50.7 Å². The third-order valence-electron chi connectivity index (χ3n) is 5.09. The standard InChI is InChI=1S/C27H38O5/c1-17(2)15-29-21(7)23-13-9-11-19(5)25(23)31-27(28)32-26-20(6)12-10-14-24(26)22(8)30-16-18(3)4/h9-14,17-18,21-22H,15-16H2,1-8H3. The Hall–Kier alpha value is -2.37. The van der Waals surface area contributed by atoms with Gasteiger partial charge >= 0.3 is 6.16 Å². The van der Waals surface area contributed by atoms with Crippen molar-refractivity contribution in [1.82, 2.24) is 0 Å². The second kappa shape index (κ2) is 12.0. The lowest BCUT2D eigenvalue weighted by Gasteiger charge is -2.21. The zero-order chi connectivity index (χ0) is 23.8. The average Bonchev–Trinajstić information content (AvgIpc) is 2.73. The number of aryl methyl sites for hydroxylation is 2. The predicted octanol–water partition coefficient (Wildman–Crippen LogP) is 7.35. The molecule has 176 valence electrons. The highest BCUT2D eigenvalue weighted by Gasteiger charge is 2.22. The first-order valence-corrected chi connectivity index (χ1v) is 11.4. The summed E-state index contributed by atoms with van der Waals surface area (Å²) in [6.07, 6.45) is -1.19. The molecule has 0 spiro atoms. The van der Waals surface area contributed by atoms with Crippen molar-refractivity contribution in [1.29, 1.82) is 0 Å². The van der Waals surface area contributed by atoms with E-state index in [1.165, 1.54) is 0 Å². The van der Waals surface area contributed by atoms with Crippen molar-refractivity contribution in [3.8, 4) is 11.5 Å². The van der Waals surface area contributed by atoms with E-state index in [2.05, 4.69) is 27.7 Å². The Morgan fingerprint density at radius 1 is 0.688 bits per heavy atom. The quantitative estimate of drug-likeness (QED) is 0.284. The summed E-state index contributed by atoms with van der Waals surface area (Å²) in [5.41, 5.74) is 3.33. The maximum atomic E-state index is 12.8. The second-order valence-electron chi connectivity index (χ2n) is 9.18. The fraction of sp³-hybridized carbons (Fsp3) is 0.519. The SMILES string of the molecule is Cc1cccc(C(C)OCC(C)C)c1OC(=O)Oc1c(C)cccc1C(C)OCC(C)C. The molecule has 0 saturated heterocycles. The van der Waals surface area contributed by atoms with Crippen LogP contribution in [0.2, 0.25) is 0 Å². The summed E-state index contributed by atoms with van der Waals surface area (Å²) >= 11 is 0. The molecule has 2 rings (SSSR count). The van der Waals surface area contributed by atoms with Crippen LogP contribution < -0.4 is 9.47 Å². The first-order chi connectivity index (χ1) is 15.1. The third-order valence-corrected chi connectivity index (χ3v) is 5.09. The Balaban J connectivity index is 2.22. The van der Waals surface area contributed by atoms with Crippen LogP contribution >= 0.6 is 0 Å². The van der Waals surface area contributed by atoms with Gasteiger partial charge in [0.05, 0.1) is 12.2 Å². The van der Waals surface area contributed by atoms with Crippen molar-refractivity contribution in [2.45, 2.75) is 67.6 Å². The molecule has 0 amide bonds. The molecule has 0 bridgehead atoms. The number of carbonyl (C=O) groups is 1. The van der Waals surface area contributed by atoms with Gasteiger partial charge in [-0.1, -0.05) is 64.1 Å². The molecule has 5 nitrogen and oxygen atoms in total. The molecule has 0 aromatic heterocycles. The molecule has 0 aliphatic rings. The maximum absolute atomic E-state index is 12.8. The number of rotatable bonds is 10. The van der Waals surface area contributed by atoms with Gasteiger partial charge in [0.1, 0.15) is 11.5 Å². The van der Waals surface area contributed by atoms with Gasteiger partial charge in [0.2, 0.25) is 0 Å². The number of hydrogen-bond acceptors (Lipinski definition) is 5. The highest BCUT2D eigenvalue weighted by atomic mass is 16.7. The Labute approximate surface area is 193 Å². The Morgan fingerprint density at radius 2 is 1.06 bits per heavy atom. The Kier molecular flexibility index (Phi) is 9.73. The van der Waals surface area contributed by atoms with Crippen LogP contribution in [0, 0.1) is 25.7 Å². The molecule has 32 heavy (non-hydrogen) atoms. The molecule has 0 N–H and O–H groups in total. The summed E-state index contributed by atoms with van der Waals surface area (Å²) < 4.78 is 23.3. The first-order valence-electron chi connectivity index (χ1n) is 11.4. The van der Waals surface area contributed by atoms with E-state index >= 15 is 0 Å². The molecule has 2 atom stereocenters. The van der Waals surface area contributed by atoms with E-state index in [4.69, 9.17) is 18.9 Å². The van der Waals surface area contributed by atoms with E-state index in [1.54, 1.807) is 0 Å². The molecule has 2 unspecified atom stereocenters. The molecule has 0 aliphatic heterocycles. The molecule has 0 fully saturated rings. The summed E-state index contributed by atoms with van der Waals surface area (Å²) in [6.45, 7) is 17.4. The minimum atomic E-state index is -0.775. The molecule has 0 heterocycles. The van der Waals surface area contributed by atoms with E-state index in [1.807, 2.05) is 64.1 Å². The van der Waals surface area contributed by atoms with Crippen molar-refractivity contribution in [2.75, 3.05) is 13.2 Å². The molecule has 2 aromatic rings. The number of hydrogen-bond donors (Lipinski definition) is 0. The van der Waals surface area contributed by atoms with Gasteiger partial charge < -0.3 is 18.9 Å². The van der Waals surface area contributed by atoms with E-state index in [-0.39, 0.29) is 12.2 Å².